The Morgan fingerprint density at radius 1 is 1.42 bits per heavy atom. The van der Waals surface area contributed by atoms with Gasteiger partial charge in [0.15, 0.2) is 0 Å². The van der Waals surface area contributed by atoms with E-state index in [9.17, 15) is 8.42 Å². The maximum atomic E-state index is 12.1. The molecular weight excluding hydrogens is 266 g/mol. The molecule has 0 aliphatic carbocycles. The van der Waals surface area contributed by atoms with Crippen molar-refractivity contribution in [3.63, 3.8) is 0 Å². The summed E-state index contributed by atoms with van der Waals surface area (Å²) in [4.78, 5) is 9.12. The normalized spacial score (nSPS) is 18.0. The summed E-state index contributed by atoms with van der Waals surface area (Å²) < 4.78 is 25.6. The van der Waals surface area contributed by atoms with Crippen LogP contribution >= 0.6 is 0 Å². The van der Waals surface area contributed by atoms with Crippen LogP contribution in [0.5, 0.6) is 0 Å². The largest absolute Gasteiger partial charge is 0.347 e. The van der Waals surface area contributed by atoms with Crippen molar-refractivity contribution in [3.8, 4) is 0 Å². The molecule has 1 aromatic heterocycles. The number of hydrogen-bond acceptors (Lipinski definition) is 5. The Balaban J connectivity index is 1.83. The van der Waals surface area contributed by atoms with Crippen molar-refractivity contribution in [3.05, 3.63) is 18.2 Å². The minimum atomic E-state index is -3.22. The van der Waals surface area contributed by atoms with Gasteiger partial charge in [-0.15, -0.1) is 0 Å². The molecule has 2 heterocycles. The third-order valence-electron chi connectivity index (χ3n) is 3.28. The lowest BCUT2D eigenvalue weighted by Crippen LogP contribution is -2.46. The first-order valence-corrected chi connectivity index (χ1v) is 8.04. The number of hydrogen-bond donors (Lipinski definition) is 2. The van der Waals surface area contributed by atoms with Gasteiger partial charge in [-0.1, -0.05) is 0 Å². The Bertz CT molecular complexity index is 467. The number of nitrogens with one attached hydrogen (secondary N) is 2. The minimum Gasteiger partial charge on any atom is -0.347 e. The number of imidazole rings is 1. The fourth-order valence-electron chi connectivity index (χ4n) is 2.03. The molecule has 2 N–H and O–H groups in total. The smallest absolute Gasteiger partial charge is 0.215 e. The van der Waals surface area contributed by atoms with Gasteiger partial charge >= 0.3 is 0 Å². The summed E-state index contributed by atoms with van der Waals surface area (Å²) in [7, 11) is -1.63. The van der Waals surface area contributed by atoms with Gasteiger partial charge in [-0.25, -0.2) is 13.4 Å². The van der Waals surface area contributed by atoms with Gasteiger partial charge < -0.3 is 10.3 Å². The number of aromatic amines is 1. The van der Waals surface area contributed by atoms with Crippen LogP contribution < -0.4 is 5.32 Å². The fourth-order valence-corrected chi connectivity index (χ4v) is 3.15. The first-order chi connectivity index (χ1) is 9.08. The van der Waals surface area contributed by atoms with Crippen LogP contribution in [0.3, 0.4) is 0 Å². The molecule has 2 rings (SSSR count). The Kier molecular flexibility index (Phi) is 4.92. The lowest BCUT2D eigenvalue weighted by Gasteiger charge is -2.27. The zero-order chi connectivity index (χ0) is 13.7. The number of sulfonamides is 1. The van der Waals surface area contributed by atoms with E-state index in [0.29, 0.717) is 12.4 Å². The van der Waals surface area contributed by atoms with Gasteiger partial charge in [0, 0.05) is 52.2 Å². The number of H-pyrrole nitrogens is 1. The Labute approximate surface area is 114 Å². The maximum absolute atomic E-state index is 12.1. The predicted molar refractivity (Wildman–Crippen MR) is 73.2 cm³/mol. The van der Waals surface area contributed by atoms with Crippen LogP contribution in [-0.2, 0) is 16.6 Å². The topological polar surface area (TPSA) is 81.3 Å². The fraction of sp³-hybridized carbons (Fsp3) is 0.727. The van der Waals surface area contributed by atoms with Crippen LogP contribution in [0, 0.1) is 0 Å². The molecule has 0 saturated carbocycles. The van der Waals surface area contributed by atoms with Crippen LogP contribution in [0.4, 0.5) is 0 Å². The second-order valence-electron chi connectivity index (χ2n) is 4.70. The Morgan fingerprint density at radius 3 is 2.79 bits per heavy atom. The third kappa shape index (κ3) is 4.27. The number of rotatable bonds is 6. The molecule has 1 saturated heterocycles. The highest BCUT2D eigenvalue weighted by molar-refractivity contribution is 7.89. The zero-order valence-electron chi connectivity index (χ0n) is 11.2. The lowest BCUT2D eigenvalue weighted by atomic mass is 10.4. The van der Waals surface area contributed by atoms with Crippen LogP contribution in [0.2, 0.25) is 0 Å². The van der Waals surface area contributed by atoms with Gasteiger partial charge in [0.05, 0.1) is 12.3 Å². The van der Waals surface area contributed by atoms with Crippen LogP contribution in [0.15, 0.2) is 12.4 Å². The summed E-state index contributed by atoms with van der Waals surface area (Å²) >= 11 is 0. The summed E-state index contributed by atoms with van der Waals surface area (Å²) in [6.45, 7) is 4.57. The molecule has 0 radical (unpaired) electrons. The first-order valence-electron chi connectivity index (χ1n) is 6.43. The molecule has 8 heteroatoms. The van der Waals surface area contributed by atoms with Crippen LogP contribution in [-0.4, -0.2) is 73.1 Å². The SMILES string of the molecule is CN(Cc1ncc[nH]1)S(=O)(=O)CCN1CCNCC1. The zero-order valence-corrected chi connectivity index (χ0v) is 12.0. The molecule has 0 bridgehead atoms. The standard InChI is InChI=1S/C11H21N5O2S/c1-15(10-11-13-2-3-14-11)19(17,18)9-8-16-6-4-12-5-7-16/h2-3,12H,4-10H2,1H3,(H,13,14). The highest BCUT2D eigenvalue weighted by Gasteiger charge is 2.20. The number of nitrogens with zero attached hydrogens (tertiary/aromatic N) is 3. The van der Waals surface area contributed by atoms with Crippen LogP contribution in [0.1, 0.15) is 5.82 Å². The molecule has 1 aliphatic heterocycles. The molecule has 1 aromatic rings. The van der Waals surface area contributed by atoms with E-state index in [1.165, 1.54) is 4.31 Å². The molecule has 1 aliphatic rings. The quantitative estimate of drug-likeness (QED) is 0.707. The van der Waals surface area contributed by atoms with Crippen molar-refractivity contribution in [2.75, 3.05) is 45.5 Å². The van der Waals surface area contributed by atoms with Crippen molar-refractivity contribution in [1.82, 2.24) is 24.5 Å². The van der Waals surface area contributed by atoms with Gasteiger partial charge in [0.25, 0.3) is 0 Å². The second kappa shape index (κ2) is 6.47. The second-order valence-corrected chi connectivity index (χ2v) is 6.89. The summed E-state index contributed by atoms with van der Waals surface area (Å²) in [6.07, 6.45) is 3.31. The van der Waals surface area contributed by atoms with Gasteiger partial charge in [-0.05, 0) is 0 Å². The summed E-state index contributed by atoms with van der Waals surface area (Å²) in [6, 6.07) is 0. The van der Waals surface area contributed by atoms with E-state index >= 15 is 0 Å². The van der Waals surface area contributed by atoms with Crippen molar-refractivity contribution in [1.29, 1.82) is 0 Å². The Hall–Kier alpha value is -0.960. The summed E-state index contributed by atoms with van der Waals surface area (Å²) in [5.41, 5.74) is 0. The predicted octanol–water partition coefficient (Wildman–Crippen LogP) is -0.923. The minimum absolute atomic E-state index is 0.157. The molecule has 0 aromatic carbocycles. The van der Waals surface area contributed by atoms with E-state index < -0.39 is 10.0 Å². The van der Waals surface area contributed by atoms with E-state index in [1.807, 2.05) is 0 Å². The van der Waals surface area contributed by atoms with Crippen molar-refractivity contribution in [2.24, 2.45) is 0 Å². The van der Waals surface area contributed by atoms with E-state index in [1.54, 1.807) is 19.4 Å². The Morgan fingerprint density at radius 2 is 2.16 bits per heavy atom. The van der Waals surface area contributed by atoms with Gasteiger partial charge in [0.1, 0.15) is 5.82 Å². The average Bonchev–Trinajstić information content (AvgIpc) is 2.90. The van der Waals surface area contributed by atoms with E-state index in [2.05, 4.69) is 20.2 Å². The lowest BCUT2D eigenvalue weighted by molar-refractivity contribution is 0.252. The van der Waals surface area contributed by atoms with E-state index in [4.69, 9.17) is 0 Å². The van der Waals surface area contributed by atoms with E-state index in [-0.39, 0.29) is 12.3 Å². The highest BCUT2D eigenvalue weighted by atomic mass is 32.2. The van der Waals surface area contributed by atoms with Crippen molar-refractivity contribution in [2.45, 2.75) is 6.54 Å². The molecule has 0 spiro atoms. The molecule has 19 heavy (non-hydrogen) atoms. The molecule has 108 valence electrons. The molecule has 0 unspecified atom stereocenters. The van der Waals surface area contributed by atoms with Gasteiger partial charge in [-0.2, -0.15) is 4.31 Å². The van der Waals surface area contributed by atoms with Crippen molar-refractivity contribution < 1.29 is 8.42 Å². The molecule has 1 fully saturated rings. The summed E-state index contributed by atoms with van der Waals surface area (Å²) in [5.74, 6) is 0.817. The van der Waals surface area contributed by atoms with Crippen molar-refractivity contribution >= 4 is 10.0 Å². The number of piperazine rings is 1. The monoisotopic (exact) mass is 287 g/mol. The average molecular weight is 287 g/mol. The molecule has 0 amide bonds. The highest BCUT2D eigenvalue weighted by Crippen LogP contribution is 2.04. The third-order valence-corrected chi connectivity index (χ3v) is 5.05. The maximum Gasteiger partial charge on any atom is 0.215 e. The molecule has 0 atom stereocenters. The van der Waals surface area contributed by atoms with E-state index in [0.717, 1.165) is 26.2 Å². The van der Waals surface area contributed by atoms with Crippen LogP contribution in [0.25, 0.3) is 0 Å². The van der Waals surface area contributed by atoms with Gasteiger partial charge in [-0.3, -0.25) is 4.90 Å². The van der Waals surface area contributed by atoms with Gasteiger partial charge in [0.2, 0.25) is 10.0 Å². The number of aromatic nitrogens is 2. The molecule has 7 nitrogen and oxygen atoms in total. The molecular formula is C11H21N5O2S. The summed E-state index contributed by atoms with van der Waals surface area (Å²) in [5, 5.41) is 3.25. The first kappa shape index (κ1) is 14.4.